The van der Waals surface area contributed by atoms with Gasteiger partial charge in [-0.05, 0) is 6.42 Å². The average molecular weight is 97.1 g/mol. The summed E-state index contributed by atoms with van der Waals surface area (Å²) in [5, 5.41) is 9.72. The Morgan fingerprint density at radius 2 is 2.29 bits per heavy atom. The van der Waals surface area contributed by atoms with Crippen molar-refractivity contribution in [2.45, 2.75) is 6.42 Å². The zero-order valence-corrected chi connectivity index (χ0v) is 4.26. The van der Waals surface area contributed by atoms with E-state index in [1.165, 1.54) is 0 Å². The van der Waals surface area contributed by atoms with Crippen LogP contribution in [0.15, 0.2) is 24.8 Å². The van der Waals surface area contributed by atoms with Crippen LogP contribution in [0.1, 0.15) is 6.42 Å². The van der Waals surface area contributed by atoms with Gasteiger partial charge in [-0.15, -0.1) is 0 Å². The largest absolute Gasteiger partial charge is 0.236 e. The van der Waals surface area contributed by atoms with Gasteiger partial charge in [0.05, 0.1) is 6.61 Å². The second-order valence-electron chi connectivity index (χ2n) is 1.16. The van der Waals surface area contributed by atoms with E-state index in [1.54, 1.807) is 18.2 Å². The molecule has 0 atom stereocenters. The molecule has 0 aromatic heterocycles. The van der Waals surface area contributed by atoms with Crippen LogP contribution in [0.5, 0.6) is 0 Å². The lowest BCUT2D eigenvalue weighted by atomic mass is 10.4. The van der Waals surface area contributed by atoms with Gasteiger partial charge in [0, 0.05) is 0 Å². The maximum Gasteiger partial charge on any atom is 0.0856 e. The number of hydrogen-bond donors (Lipinski definition) is 0. The van der Waals surface area contributed by atoms with Crippen molar-refractivity contribution in [2.24, 2.45) is 0 Å². The Hall–Kier alpha value is -0.560. The standard InChI is InChI=1S/C6H9O/c1-2-3-4-5-6-7/h2-4H,1,5-6H2/b4-3+. The Morgan fingerprint density at radius 1 is 1.57 bits per heavy atom. The Bertz CT molecular complexity index is 64.6. The Kier molecular flexibility index (Phi) is 5.00. The molecule has 0 bridgehead atoms. The second kappa shape index (κ2) is 5.44. The summed E-state index contributed by atoms with van der Waals surface area (Å²) in [5.74, 6) is 0. The normalized spacial score (nSPS) is 9.86. The van der Waals surface area contributed by atoms with E-state index in [-0.39, 0.29) is 6.61 Å². The van der Waals surface area contributed by atoms with Crippen molar-refractivity contribution >= 4 is 0 Å². The SMILES string of the molecule is C=C/C=C/CC[O]. The van der Waals surface area contributed by atoms with Gasteiger partial charge < -0.3 is 0 Å². The minimum Gasteiger partial charge on any atom is -0.236 e. The summed E-state index contributed by atoms with van der Waals surface area (Å²) in [6, 6.07) is 0. The van der Waals surface area contributed by atoms with Crippen LogP contribution in [0.3, 0.4) is 0 Å². The zero-order chi connectivity index (χ0) is 5.54. The molecule has 7 heavy (non-hydrogen) atoms. The molecule has 0 saturated heterocycles. The highest BCUT2D eigenvalue weighted by Gasteiger charge is 1.69. The van der Waals surface area contributed by atoms with E-state index in [4.69, 9.17) is 0 Å². The van der Waals surface area contributed by atoms with Crippen LogP contribution in [-0.4, -0.2) is 6.61 Å². The molecule has 0 aromatic carbocycles. The predicted molar refractivity (Wildman–Crippen MR) is 29.5 cm³/mol. The van der Waals surface area contributed by atoms with Crippen molar-refractivity contribution in [1.29, 1.82) is 0 Å². The predicted octanol–water partition coefficient (Wildman–Crippen LogP) is 1.55. The topological polar surface area (TPSA) is 19.9 Å². The molecule has 0 unspecified atom stereocenters. The molecule has 0 heterocycles. The molecule has 0 N–H and O–H groups in total. The number of hydrogen-bond acceptors (Lipinski definition) is 0. The Labute approximate surface area is 44.0 Å². The Morgan fingerprint density at radius 3 is 2.71 bits per heavy atom. The van der Waals surface area contributed by atoms with Gasteiger partial charge in [0.15, 0.2) is 0 Å². The summed E-state index contributed by atoms with van der Waals surface area (Å²) in [5.41, 5.74) is 0. The third kappa shape index (κ3) is 5.44. The summed E-state index contributed by atoms with van der Waals surface area (Å²) < 4.78 is 0. The van der Waals surface area contributed by atoms with Gasteiger partial charge in [0.25, 0.3) is 0 Å². The van der Waals surface area contributed by atoms with Crippen LogP contribution in [0, 0.1) is 0 Å². The molecule has 39 valence electrons. The van der Waals surface area contributed by atoms with Gasteiger partial charge in [-0.1, -0.05) is 24.8 Å². The van der Waals surface area contributed by atoms with Crippen molar-refractivity contribution < 1.29 is 5.11 Å². The molecule has 0 amide bonds. The summed E-state index contributed by atoms with van der Waals surface area (Å²) in [7, 11) is 0. The van der Waals surface area contributed by atoms with Crippen molar-refractivity contribution in [1.82, 2.24) is 0 Å². The molecule has 0 aliphatic heterocycles. The number of rotatable bonds is 3. The fourth-order valence-corrected chi connectivity index (χ4v) is 0.260. The van der Waals surface area contributed by atoms with Crippen LogP contribution >= 0.6 is 0 Å². The molecule has 0 fully saturated rings. The lowest BCUT2D eigenvalue weighted by Gasteiger charge is -1.74. The molecule has 0 rings (SSSR count). The van der Waals surface area contributed by atoms with Crippen LogP contribution in [0.4, 0.5) is 0 Å². The highest BCUT2D eigenvalue weighted by atomic mass is 16.2. The van der Waals surface area contributed by atoms with E-state index in [2.05, 4.69) is 6.58 Å². The molecule has 0 spiro atoms. The van der Waals surface area contributed by atoms with Gasteiger partial charge in [-0.2, -0.15) is 0 Å². The fourth-order valence-electron chi connectivity index (χ4n) is 0.260. The molecule has 0 aromatic rings. The third-order valence-electron chi connectivity index (χ3n) is 0.557. The van der Waals surface area contributed by atoms with Gasteiger partial charge >= 0.3 is 0 Å². The van der Waals surface area contributed by atoms with E-state index in [0.29, 0.717) is 6.42 Å². The molecule has 0 saturated carbocycles. The second-order valence-corrected chi connectivity index (χ2v) is 1.16. The van der Waals surface area contributed by atoms with Crippen LogP contribution in [0.25, 0.3) is 0 Å². The highest BCUT2D eigenvalue weighted by molar-refractivity contribution is 4.96. The number of allylic oxidation sites excluding steroid dienone is 2. The summed E-state index contributed by atoms with van der Waals surface area (Å²) in [4.78, 5) is 0. The van der Waals surface area contributed by atoms with Gasteiger partial charge in [-0.25, -0.2) is 5.11 Å². The smallest absolute Gasteiger partial charge is 0.0856 e. The van der Waals surface area contributed by atoms with Crippen molar-refractivity contribution in [2.75, 3.05) is 6.61 Å². The molecule has 1 nitrogen and oxygen atoms in total. The van der Waals surface area contributed by atoms with Crippen molar-refractivity contribution in [3.63, 3.8) is 0 Å². The van der Waals surface area contributed by atoms with E-state index >= 15 is 0 Å². The van der Waals surface area contributed by atoms with Crippen LogP contribution in [0.2, 0.25) is 0 Å². The quantitative estimate of drug-likeness (QED) is 0.476. The van der Waals surface area contributed by atoms with Gasteiger partial charge in [-0.3, -0.25) is 0 Å². The molecule has 1 radical (unpaired) electrons. The average Bonchev–Trinajstić information content (AvgIpc) is 1.69. The van der Waals surface area contributed by atoms with Crippen LogP contribution < -0.4 is 0 Å². The molecular formula is C6H9O. The monoisotopic (exact) mass is 97.1 g/mol. The van der Waals surface area contributed by atoms with Crippen molar-refractivity contribution in [3.8, 4) is 0 Å². The van der Waals surface area contributed by atoms with E-state index in [1.807, 2.05) is 0 Å². The first-order valence-electron chi connectivity index (χ1n) is 2.27. The maximum absolute atomic E-state index is 9.72. The Balaban J connectivity index is 2.92. The lowest BCUT2D eigenvalue weighted by molar-refractivity contribution is 0.199. The molecule has 0 aliphatic carbocycles. The summed E-state index contributed by atoms with van der Waals surface area (Å²) >= 11 is 0. The fraction of sp³-hybridized carbons (Fsp3) is 0.333. The molecule has 1 heteroatoms. The lowest BCUT2D eigenvalue weighted by Crippen LogP contribution is -1.70. The van der Waals surface area contributed by atoms with E-state index in [9.17, 15) is 5.11 Å². The first kappa shape index (κ1) is 6.44. The van der Waals surface area contributed by atoms with E-state index < -0.39 is 0 Å². The molecule has 0 aliphatic rings. The first-order chi connectivity index (χ1) is 3.41. The minimum atomic E-state index is -0.0235. The van der Waals surface area contributed by atoms with E-state index in [0.717, 1.165) is 0 Å². The third-order valence-corrected chi connectivity index (χ3v) is 0.557. The highest BCUT2D eigenvalue weighted by Crippen LogP contribution is 1.78. The summed E-state index contributed by atoms with van der Waals surface area (Å²) in [6.07, 6.45) is 5.86. The van der Waals surface area contributed by atoms with Crippen LogP contribution in [-0.2, 0) is 5.11 Å². The minimum absolute atomic E-state index is 0.0235. The maximum atomic E-state index is 9.72. The van der Waals surface area contributed by atoms with Gasteiger partial charge in [0.2, 0.25) is 0 Å². The summed E-state index contributed by atoms with van der Waals surface area (Å²) in [6.45, 7) is 3.42. The van der Waals surface area contributed by atoms with Gasteiger partial charge in [0.1, 0.15) is 0 Å². The molecular weight excluding hydrogens is 88.1 g/mol. The zero-order valence-electron chi connectivity index (χ0n) is 4.26. The van der Waals surface area contributed by atoms with Crippen molar-refractivity contribution in [3.05, 3.63) is 24.8 Å². The first-order valence-corrected chi connectivity index (χ1v) is 2.27.